The number of carbonyl (C=O) groups is 1. The van der Waals surface area contributed by atoms with E-state index in [2.05, 4.69) is 10.6 Å². The second-order valence-electron chi connectivity index (χ2n) is 6.62. The van der Waals surface area contributed by atoms with Crippen LogP contribution in [0.2, 0.25) is 0 Å². The highest BCUT2D eigenvalue weighted by molar-refractivity contribution is 7.80. The molecule has 0 bridgehead atoms. The third-order valence-corrected chi connectivity index (χ3v) is 4.54. The van der Waals surface area contributed by atoms with E-state index in [1.807, 2.05) is 32.9 Å². The molecular weight excluding hydrogens is 390 g/mol. The first kappa shape index (κ1) is 20.2. The molecule has 3 aromatic rings. The average Bonchev–Trinajstić information content (AvgIpc) is 3.15. The summed E-state index contributed by atoms with van der Waals surface area (Å²) in [6.45, 7) is 5.92. The van der Waals surface area contributed by atoms with Gasteiger partial charge in [0.2, 0.25) is 0 Å². The van der Waals surface area contributed by atoms with Crippen molar-refractivity contribution in [2.75, 3.05) is 5.32 Å². The smallest absolute Gasteiger partial charge is 0.293 e. The zero-order valence-corrected chi connectivity index (χ0v) is 16.9. The summed E-state index contributed by atoms with van der Waals surface area (Å²) in [6.07, 6.45) is 0. The molecule has 0 radical (unpaired) electrons. The molecule has 0 atom stereocenters. The summed E-state index contributed by atoms with van der Waals surface area (Å²) in [5.41, 5.74) is 4.19. The van der Waals surface area contributed by atoms with Gasteiger partial charge in [0.05, 0.1) is 10.5 Å². The summed E-state index contributed by atoms with van der Waals surface area (Å²) in [6, 6.07) is 13.2. The minimum absolute atomic E-state index is 0.000323. The normalized spacial score (nSPS) is 10.4. The molecule has 2 aromatic carbocycles. The monoisotopic (exact) mass is 409 g/mol. The predicted octanol–water partition coefficient (Wildman–Crippen LogP) is 4.91. The van der Waals surface area contributed by atoms with Gasteiger partial charge < -0.3 is 9.73 Å². The number of furan rings is 1. The molecule has 1 heterocycles. The van der Waals surface area contributed by atoms with Crippen molar-refractivity contribution in [1.82, 2.24) is 5.32 Å². The Kier molecular flexibility index (Phi) is 5.74. The highest BCUT2D eigenvalue weighted by atomic mass is 32.1. The molecule has 8 heteroatoms. The van der Waals surface area contributed by atoms with Crippen molar-refractivity contribution >= 4 is 34.6 Å². The zero-order valence-electron chi connectivity index (χ0n) is 16.1. The number of carbonyl (C=O) groups excluding carboxylic acids is 1. The number of thiocarbonyl (C=S) groups is 1. The van der Waals surface area contributed by atoms with E-state index in [0.29, 0.717) is 5.56 Å². The molecular formula is C21H19N3O4S. The molecule has 0 aliphatic rings. The van der Waals surface area contributed by atoms with Gasteiger partial charge in [-0.3, -0.25) is 20.2 Å². The van der Waals surface area contributed by atoms with Crippen molar-refractivity contribution in [3.05, 3.63) is 81.1 Å². The van der Waals surface area contributed by atoms with Crippen molar-refractivity contribution < 1.29 is 14.1 Å². The molecule has 0 spiro atoms. The Bertz CT molecular complexity index is 1100. The number of nitrogens with zero attached hydrogens (tertiary/aromatic N) is 1. The minimum Gasteiger partial charge on any atom is -0.451 e. The van der Waals surface area contributed by atoms with Crippen LogP contribution in [0, 0.1) is 30.9 Å². The number of para-hydroxylation sites is 1. The molecule has 2 N–H and O–H groups in total. The Balaban J connectivity index is 1.75. The molecule has 0 saturated carbocycles. The van der Waals surface area contributed by atoms with E-state index < -0.39 is 10.8 Å². The lowest BCUT2D eigenvalue weighted by molar-refractivity contribution is -0.384. The molecule has 0 unspecified atom stereocenters. The van der Waals surface area contributed by atoms with E-state index in [1.165, 1.54) is 18.2 Å². The fraction of sp³-hybridized carbons (Fsp3) is 0.143. The SMILES string of the molecule is Cc1cc(C)c(NC(=S)NC(=O)c2ccc(-c3ccccc3[N+](=O)[O-])o2)c(C)c1. The Morgan fingerprint density at radius 2 is 1.72 bits per heavy atom. The maximum Gasteiger partial charge on any atom is 0.293 e. The summed E-state index contributed by atoms with van der Waals surface area (Å²) < 4.78 is 5.53. The number of benzene rings is 2. The fourth-order valence-corrected chi connectivity index (χ4v) is 3.33. The van der Waals surface area contributed by atoms with Crippen LogP contribution >= 0.6 is 12.2 Å². The largest absolute Gasteiger partial charge is 0.451 e. The van der Waals surface area contributed by atoms with E-state index >= 15 is 0 Å². The molecule has 1 aromatic heterocycles. The van der Waals surface area contributed by atoms with Gasteiger partial charge in [0.25, 0.3) is 11.6 Å². The number of hydrogen-bond donors (Lipinski definition) is 2. The van der Waals surface area contributed by atoms with Gasteiger partial charge in [0.15, 0.2) is 10.9 Å². The van der Waals surface area contributed by atoms with Crippen LogP contribution in [0.5, 0.6) is 0 Å². The van der Waals surface area contributed by atoms with Crippen LogP contribution in [0.4, 0.5) is 11.4 Å². The minimum atomic E-state index is -0.547. The van der Waals surface area contributed by atoms with Crippen LogP contribution in [-0.4, -0.2) is 15.9 Å². The fourth-order valence-electron chi connectivity index (χ4n) is 3.13. The maximum absolute atomic E-state index is 12.5. The first-order valence-electron chi connectivity index (χ1n) is 8.80. The lowest BCUT2D eigenvalue weighted by atomic mass is 10.1. The number of hydrogen-bond acceptors (Lipinski definition) is 5. The van der Waals surface area contributed by atoms with Gasteiger partial charge in [-0.05, 0) is 62.3 Å². The van der Waals surface area contributed by atoms with E-state index in [-0.39, 0.29) is 22.3 Å². The van der Waals surface area contributed by atoms with Gasteiger partial charge in [-0.25, -0.2) is 0 Å². The lowest BCUT2D eigenvalue weighted by Crippen LogP contribution is -2.34. The van der Waals surface area contributed by atoms with E-state index in [9.17, 15) is 14.9 Å². The van der Waals surface area contributed by atoms with Gasteiger partial charge >= 0.3 is 0 Å². The van der Waals surface area contributed by atoms with Gasteiger partial charge in [0, 0.05) is 11.8 Å². The average molecular weight is 409 g/mol. The predicted molar refractivity (Wildman–Crippen MR) is 115 cm³/mol. The molecule has 0 fully saturated rings. The Morgan fingerprint density at radius 1 is 1.07 bits per heavy atom. The molecule has 0 aliphatic heterocycles. The van der Waals surface area contributed by atoms with Crippen molar-refractivity contribution in [3.63, 3.8) is 0 Å². The first-order chi connectivity index (χ1) is 13.8. The third kappa shape index (κ3) is 4.49. The number of anilines is 1. The van der Waals surface area contributed by atoms with E-state index in [1.54, 1.807) is 18.2 Å². The lowest BCUT2D eigenvalue weighted by Gasteiger charge is -2.14. The molecule has 0 aliphatic carbocycles. The summed E-state index contributed by atoms with van der Waals surface area (Å²) in [5.74, 6) is -0.319. The maximum atomic E-state index is 12.5. The second-order valence-corrected chi connectivity index (χ2v) is 7.03. The number of aryl methyl sites for hydroxylation is 3. The van der Waals surface area contributed by atoms with Crippen molar-refractivity contribution in [2.45, 2.75) is 20.8 Å². The van der Waals surface area contributed by atoms with Gasteiger partial charge in [-0.2, -0.15) is 0 Å². The standard InChI is InChI=1S/C21H19N3O4S/c1-12-10-13(2)19(14(3)11-12)22-21(29)23-20(25)18-9-8-17(28-18)15-6-4-5-7-16(15)24(26)27/h4-11H,1-3H3,(H2,22,23,25,29). The van der Waals surface area contributed by atoms with Crippen LogP contribution in [0.25, 0.3) is 11.3 Å². The molecule has 0 saturated heterocycles. The highest BCUT2D eigenvalue weighted by Crippen LogP contribution is 2.30. The Morgan fingerprint density at radius 3 is 2.38 bits per heavy atom. The molecule has 7 nitrogen and oxygen atoms in total. The topological polar surface area (TPSA) is 97.4 Å². The van der Waals surface area contributed by atoms with Crippen LogP contribution < -0.4 is 10.6 Å². The van der Waals surface area contributed by atoms with Gasteiger partial charge in [-0.15, -0.1) is 0 Å². The van der Waals surface area contributed by atoms with Crippen LogP contribution in [0.3, 0.4) is 0 Å². The van der Waals surface area contributed by atoms with Crippen LogP contribution in [-0.2, 0) is 0 Å². The van der Waals surface area contributed by atoms with Crippen molar-refractivity contribution in [1.29, 1.82) is 0 Å². The van der Waals surface area contributed by atoms with Crippen molar-refractivity contribution in [2.24, 2.45) is 0 Å². The quantitative estimate of drug-likeness (QED) is 0.361. The summed E-state index contributed by atoms with van der Waals surface area (Å²) in [5, 5.41) is 16.9. The van der Waals surface area contributed by atoms with Crippen LogP contribution in [0.1, 0.15) is 27.2 Å². The van der Waals surface area contributed by atoms with Crippen LogP contribution in [0.15, 0.2) is 52.9 Å². The summed E-state index contributed by atoms with van der Waals surface area (Å²) >= 11 is 5.25. The number of nitro benzene ring substituents is 1. The third-order valence-electron chi connectivity index (χ3n) is 4.34. The van der Waals surface area contributed by atoms with Crippen molar-refractivity contribution in [3.8, 4) is 11.3 Å². The second kappa shape index (κ2) is 8.24. The number of nitrogens with one attached hydrogen (secondary N) is 2. The number of rotatable bonds is 4. The first-order valence-corrected chi connectivity index (χ1v) is 9.21. The molecule has 148 valence electrons. The van der Waals surface area contributed by atoms with E-state index in [0.717, 1.165) is 22.4 Å². The highest BCUT2D eigenvalue weighted by Gasteiger charge is 2.20. The Labute approximate surface area is 172 Å². The van der Waals surface area contributed by atoms with E-state index in [4.69, 9.17) is 16.6 Å². The summed E-state index contributed by atoms with van der Waals surface area (Å²) in [4.78, 5) is 23.2. The Hall–Kier alpha value is -3.52. The molecule has 3 rings (SSSR count). The molecule has 29 heavy (non-hydrogen) atoms. The number of amides is 1. The molecule has 1 amide bonds. The van der Waals surface area contributed by atoms with Gasteiger partial charge in [0.1, 0.15) is 5.76 Å². The van der Waals surface area contributed by atoms with Gasteiger partial charge in [-0.1, -0.05) is 29.8 Å². The zero-order chi connectivity index (χ0) is 21.1. The number of nitro groups is 1. The summed E-state index contributed by atoms with van der Waals surface area (Å²) in [7, 11) is 0.